The second-order valence-electron chi connectivity index (χ2n) is 6.60. The average molecular weight is 384 g/mol. The fraction of sp³-hybridized carbons (Fsp3) is 0.333. The normalized spacial score (nSPS) is 14.0. The minimum Gasteiger partial charge on any atom is -0.497 e. The van der Waals surface area contributed by atoms with Crippen LogP contribution < -0.4 is 24.4 Å². The molecule has 0 unspecified atom stereocenters. The Morgan fingerprint density at radius 3 is 2.71 bits per heavy atom. The van der Waals surface area contributed by atoms with Gasteiger partial charge in [-0.25, -0.2) is 0 Å². The maximum absolute atomic E-state index is 12.8. The zero-order valence-electron chi connectivity index (χ0n) is 16.4. The van der Waals surface area contributed by atoms with E-state index in [0.717, 1.165) is 11.1 Å². The number of rotatable bonds is 6. The zero-order chi connectivity index (χ0) is 20.3. The Bertz CT molecular complexity index is 896. The number of aryl methyl sites for hydroxylation is 1. The largest absolute Gasteiger partial charge is 0.497 e. The lowest BCUT2D eigenvalue weighted by Gasteiger charge is -2.33. The van der Waals surface area contributed by atoms with Gasteiger partial charge in [-0.15, -0.1) is 0 Å². The van der Waals surface area contributed by atoms with Crippen molar-refractivity contribution >= 4 is 17.5 Å². The van der Waals surface area contributed by atoms with Crippen molar-refractivity contribution in [3.63, 3.8) is 0 Å². The first kappa shape index (κ1) is 19.5. The first-order valence-electron chi connectivity index (χ1n) is 8.98. The van der Waals surface area contributed by atoms with Crippen LogP contribution in [0, 0.1) is 6.92 Å². The summed E-state index contributed by atoms with van der Waals surface area (Å²) in [6.45, 7) is 3.82. The van der Waals surface area contributed by atoms with Crippen LogP contribution in [0.1, 0.15) is 18.1 Å². The van der Waals surface area contributed by atoms with Crippen molar-refractivity contribution < 1.29 is 23.8 Å². The second kappa shape index (κ2) is 8.21. The van der Waals surface area contributed by atoms with Gasteiger partial charge in [0.2, 0.25) is 5.91 Å². The van der Waals surface area contributed by atoms with Gasteiger partial charge in [0.25, 0.3) is 5.91 Å². The summed E-state index contributed by atoms with van der Waals surface area (Å²) < 4.78 is 16.0. The van der Waals surface area contributed by atoms with E-state index in [9.17, 15) is 9.59 Å². The molecule has 2 aromatic rings. The summed E-state index contributed by atoms with van der Waals surface area (Å²) in [5.41, 5.74) is 2.41. The molecule has 148 valence electrons. The Morgan fingerprint density at radius 2 is 2.00 bits per heavy atom. The molecule has 0 spiro atoms. The third-order valence-electron chi connectivity index (χ3n) is 4.71. The van der Waals surface area contributed by atoms with Crippen LogP contribution in [-0.4, -0.2) is 38.7 Å². The number of fused-ring (bicyclic) bond motifs is 1. The predicted molar refractivity (Wildman–Crippen MR) is 105 cm³/mol. The number of nitrogens with one attached hydrogen (secondary N) is 1. The van der Waals surface area contributed by atoms with E-state index in [1.807, 2.05) is 31.2 Å². The highest BCUT2D eigenvalue weighted by Gasteiger charge is 2.33. The maximum atomic E-state index is 12.8. The molecule has 2 aromatic carbocycles. The van der Waals surface area contributed by atoms with E-state index in [2.05, 4.69) is 5.32 Å². The molecule has 1 N–H and O–H groups in total. The minimum absolute atomic E-state index is 0.0833. The van der Waals surface area contributed by atoms with Crippen molar-refractivity contribution in [3.8, 4) is 17.2 Å². The van der Waals surface area contributed by atoms with Gasteiger partial charge in [-0.2, -0.15) is 0 Å². The predicted octanol–water partition coefficient (Wildman–Crippen LogP) is 2.44. The van der Waals surface area contributed by atoms with Crippen LogP contribution in [-0.2, 0) is 16.1 Å². The Morgan fingerprint density at radius 1 is 1.21 bits per heavy atom. The van der Waals surface area contributed by atoms with Crippen LogP contribution in [0.4, 0.5) is 5.69 Å². The first-order valence-corrected chi connectivity index (χ1v) is 8.98. The van der Waals surface area contributed by atoms with Crippen LogP contribution in [0.25, 0.3) is 0 Å². The fourth-order valence-corrected chi connectivity index (χ4v) is 3.15. The van der Waals surface area contributed by atoms with Crippen molar-refractivity contribution in [2.24, 2.45) is 0 Å². The summed E-state index contributed by atoms with van der Waals surface area (Å²) >= 11 is 0. The summed E-state index contributed by atoms with van der Waals surface area (Å²) in [5.74, 6) is 1.38. The lowest BCUT2D eigenvalue weighted by Crippen LogP contribution is -2.51. The monoisotopic (exact) mass is 384 g/mol. The van der Waals surface area contributed by atoms with Crippen molar-refractivity contribution in [1.82, 2.24) is 5.32 Å². The number of amides is 2. The Balaban J connectivity index is 1.75. The highest BCUT2D eigenvalue weighted by atomic mass is 16.5. The molecule has 2 amide bonds. The molecule has 1 heterocycles. The third kappa shape index (κ3) is 3.88. The van der Waals surface area contributed by atoms with E-state index < -0.39 is 6.04 Å². The number of hydrogen-bond acceptors (Lipinski definition) is 5. The van der Waals surface area contributed by atoms with E-state index >= 15 is 0 Å². The minimum atomic E-state index is -0.679. The zero-order valence-corrected chi connectivity index (χ0v) is 16.4. The fourth-order valence-electron chi connectivity index (χ4n) is 3.15. The third-order valence-corrected chi connectivity index (χ3v) is 4.71. The van der Waals surface area contributed by atoms with E-state index in [-0.39, 0.29) is 25.0 Å². The van der Waals surface area contributed by atoms with E-state index in [1.165, 1.54) is 4.90 Å². The van der Waals surface area contributed by atoms with Gasteiger partial charge in [-0.1, -0.05) is 6.07 Å². The van der Waals surface area contributed by atoms with Gasteiger partial charge in [-0.3, -0.25) is 14.5 Å². The number of carbonyl (C=O) groups excluding carboxylic acids is 2. The lowest BCUT2D eigenvalue weighted by atomic mass is 10.1. The van der Waals surface area contributed by atoms with Crippen LogP contribution in [0.15, 0.2) is 36.4 Å². The Kier molecular flexibility index (Phi) is 5.73. The first-order chi connectivity index (χ1) is 13.4. The van der Waals surface area contributed by atoms with E-state index in [1.54, 1.807) is 33.3 Å². The SMILES string of the molecule is COc1ccc(CNC(=O)[C@@H](C)N2C(=O)COc3ccc(C)cc32)c(OC)c1. The molecule has 0 saturated heterocycles. The Labute approximate surface area is 164 Å². The van der Waals surface area contributed by atoms with Gasteiger partial charge in [0, 0.05) is 18.2 Å². The summed E-state index contributed by atoms with van der Waals surface area (Å²) in [6, 6.07) is 10.3. The number of carbonyl (C=O) groups is 2. The lowest BCUT2D eigenvalue weighted by molar-refractivity contribution is -0.127. The summed E-state index contributed by atoms with van der Waals surface area (Å²) in [4.78, 5) is 26.7. The average Bonchev–Trinajstić information content (AvgIpc) is 2.71. The molecule has 28 heavy (non-hydrogen) atoms. The van der Waals surface area contributed by atoms with Crippen molar-refractivity contribution in [2.75, 3.05) is 25.7 Å². The standard InChI is InChI=1S/C21H24N2O5/c1-13-5-8-18-17(9-13)23(20(24)12-28-18)14(2)21(25)22-11-15-6-7-16(26-3)10-19(15)27-4/h5-10,14H,11-12H2,1-4H3,(H,22,25)/t14-/m1/s1. The van der Waals surface area contributed by atoms with Crippen molar-refractivity contribution in [3.05, 3.63) is 47.5 Å². The number of hydrogen-bond donors (Lipinski definition) is 1. The summed E-state index contributed by atoms with van der Waals surface area (Å²) in [6.07, 6.45) is 0. The van der Waals surface area contributed by atoms with Gasteiger partial charge in [0.15, 0.2) is 6.61 Å². The van der Waals surface area contributed by atoms with Crippen LogP contribution >= 0.6 is 0 Å². The van der Waals surface area contributed by atoms with Crippen molar-refractivity contribution in [1.29, 1.82) is 0 Å². The van der Waals surface area contributed by atoms with Gasteiger partial charge in [0.05, 0.1) is 19.9 Å². The van der Waals surface area contributed by atoms with Gasteiger partial charge in [0.1, 0.15) is 23.3 Å². The van der Waals surface area contributed by atoms with E-state index in [0.29, 0.717) is 22.9 Å². The van der Waals surface area contributed by atoms with Gasteiger partial charge in [-0.05, 0) is 43.7 Å². The molecule has 7 heteroatoms. The Hall–Kier alpha value is -3.22. The molecule has 0 bridgehead atoms. The molecule has 0 aromatic heterocycles. The molecule has 3 rings (SSSR count). The summed E-state index contributed by atoms with van der Waals surface area (Å²) in [5, 5.41) is 2.88. The topological polar surface area (TPSA) is 77.1 Å². The molecular formula is C21H24N2O5. The van der Waals surface area contributed by atoms with Crippen LogP contribution in [0.2, 0.25) is 0 Å². The summed E-state index contributed by atoms with van der Waals surface area (Å²) in [7, 11) is 3.14. The molecule has 0 fully saturated rings. The quantitative estimate of drug-likeness (QED) is 0.828. The number of anilines is 1. The van der Waals surface area contributed by atoms with Gasteiger partial charge >= 0.3 is 0 Å². The highest BCUT2D eigenvalue weighted by molar-refractivity contribution is 6.03. The number of methoxy groups -OCH3 is 2. The maximum Gasteiger partial charge on any atom is 0.265 e. The smallest absolute Gasteiger partial charge is 0.265 e. The number of ether oxygens (including phenoxy) is 3. The number of nitrogens with zero attached hydrogens (tertiary/aromatic N) is 1. The molecule has 1 atom stereocenters. The van der Waals surface area contributed by atoms with Gasteiger partial charge < -0.3 is 19.5 Å². The van der Waals surface area contributed by atoms with Crippen molar-refractivity contribution in [2.45, 2.75) is 26.4 Å². The van der Waals surface area contributed by atoms with Crippen LogP contribution in [0.5, 0.6) is 17.2 Å². The second-order valence-corrected chi connectivity index (χ2v) is 6.60. The molecule has 1 aliphatic rings. The molecule has 7 nitrogen and oxygen atoms in total. The van der Waals surface area contributed by atoms with E-state index in [4.69, 9.17) is 14.2 Å². The molecule has 1 aliphatic heterocycles. The number of benzene rings is 2. The van der Waals surface area contributed by atoms with Crippen LogP contribution in [0.3, 0.4) is 0 Å². The molecule has 0 radical (unpaired) electrons. The highest BCUT2D eigenvalue weighted by Crippen LogP contribution is 2.34. The molecule has 0 saturated carbocycles. The molecule has 0 aliphatic carbocycles. The molecular weight excluding hydrogens is 360 g/mol.